The normalized spacial score (nSPS) is 15.8. The number of aromatic nitrogens is 1. The highest BCUT2D eigenvalue weighted by Gasteiger charge is 2.19. The predicted molar refractivity (Wildman–Crippen MR) is 100 cm³/mol. The first-order chi connectivity index (χ1) is 12.2. The minimum absolute atomic E-state index is 0.225. The van der Waals surface area contributed by atoms with Gasteiger partial charge in [-0.05, 0) is 36.1 Å². The molecular formula is C20H24ClN3O. The zero-order valence-corrected chi connectivity index (χ0v) is 15.2. The molecule has 5 heteroatoms. The standard InChI is InChI=1S/C20H24ClN3O/c21-19-7-2-1-6-18(19)8-9-20(25)24-12-4-11-23(13-14-24)16-17-5-3-10-22-15-17/h1-3,5-7,10,15H,4,8-9,11-14,16H2. The van der Waals surface area contributed by atoms with E-state index in [0.29, 0.717) is 12.8 Å². The number of benzene rings is 1. The molecule has 1 aliphatic rings. The van der Waals surface area contributed by atoms with E-state index in [4.69, 9.17) is 11.6 Å². The van der Waals surface area contributed by atoms with Gasteiger partial charge in [-0.3, -0.25) is 14.7 Å². The van der Waals surface area contributed by atoms with Crippen molar-refractivity contribution >= 4 is 17.5 Å². The predicted octanol–water partition coefficient (Wildman–Crippen LogP) is 3.40. The lowest BCUT2D eigenvalue weighted by Gasteiger charge is -2.22. The highest BCUT2D eigenvalue weighted by atomic mass is 35.5. The smallest absolute Gasteiger partial charge is 0.222 e. The summed E-state index contributed by atoms with van der Waals surface area (Å²) in [4.78, 5) is 21.1. The summed E-state index contributed by atoms with van der Waals surface area (Å²) < 4.78 is 0. The molecule has 0 N–H and O–H groups in total. The molecule has 2 aromatic rings. The van der Waals surface area contributed by atoms with Crippen molar-refractivity contribution in [1.29, 1.82) is 0 Å². The molecule has 1 aromatic heterocycles. The molecule has 3 rings (SSSR count). The van der Waals surface area contributed by atoms with E-state index in [1.165, 1.54) is 5.56 Å². The molecule has 1 saturated heterocycles. The quantitative estimate of drug-likeness (QED) is 0.822. The van der Waals surface area contributed by atoms with Crippen molar-refractivity contribution in [3.8, 4) is 0 Å². The van der Waals surface area contributed by atoms with Crippen molar-refractivity contribution < 1.29 is 4.79 Å². The average Bonchev–Trinajstić information content (AvgIpc) is 2.87. The third-order valence-corrected chi connectivity index (χ3v) is 5.00. The number of rotatable bonds is 5. The summed E-state index contributed by atoms with van der Waals surface area (Å²) in [6, 6.07) is 11.8. The minimum Gasteiger partial charge on any atom is -0.341 e. The van der Waals surface area contributed by atoms with Crippen molar-refractivity contribution in [2.45, 2.75) is 25.8 Å². The van der Waals surface area contributed by atoms with Crippen molar-refractivity contribution in [1.82, 2.24) is 14.8 Å². The molecule has 0 unspecified atom stereocenters. The lowest BCUT2D eigenvalue weighted by atomic mass is 10.1. The SMILES string of the molecule is O=C(CCc1ccccc1Cl)N1CCCN(Cc2cccnc2)CC1. The third kappa shape index (κ3) is 5.28. The summed E-state index contributed by atoms with van der Waals surface area (Å²) in [6.45, 7) is 4.46. The Labute approximate surface area is 154 Å². The van der Waals surface area contributed by atoms with Crippen LogP contribution >= 0.6 is 11.6 Å². The second-order valence-corrected chi connectivity index (χ2v) is 6.87. The van der Waals surface area contributed by atoms with Gasteiger partial charge in [-0.2, -0.15) is 0 Å². The Balaban J connectivity index is 1.49. The van der Waals surface area contributed by atoms with Crippen molar-refractivity contribution in [2.75, 3.05) is 26.2 Å². The Bertz CT molecular complexity index is 692. The maximum Gasteiger partial charge on any atom is 0.222 e. The summed E-state index contributed by atoms with van der Waals surface area (Å²) >= 11 is 6.18. The molecule has 1 fully saturated rings. The van der Waals surface area contributed by atoms with Crippen LogP contribution in [0.25, 0.3) is 0 Å². The van der Waals surface area contributed by atoms with E-state index in [1.807, 2.05) is 41.4 Å². The topological polar surface area (TPSA) is 36.4 Å². The molecular weight excluding hydrogens is 334 g/mol. The maximum absolute atomic E-state index is 12.6. The van der Waals surface area contributed by atoms with E-state index in [0.717, 1.165) is 49.7 Å². The molecule has 0 radical (unpaired) electrons. The van der Waals surface area contributed by atoms with E-state index in [2.05, 4.69) is 16.0 Å². The van der Waals surface area contributed by atoms with Gasteiger partial charge in [-0.15, -0.1) is 0 Å². The largest absolute Gasteiger partial charge is 0.341 e. The fraction of sp³-hybridized carbons (Fsp3) is 0.400. The van der Waals surface area contributed by atoms with Crippen LogP contribution in [0.2, 0.25) is 5.02 Å². The van der Waals surface area contributed by atoms with Gasteiger partial charge in [-0.1, -0.05) is 35.9 Å². The molecule has 1 aliphatic heterocycles. The zero-order chi connectivity index (χ0) is 17.5. The highest BCUT2D eigenvalue weighted by molar-refractivity contribution is 6.31. The zero-order valence-electron chi connectivity index (χ0n) is 14.4. The number of amides is 1. The summed E-state index contributed by atoms with van der Waals surface area (Å²) in [6.07, 6.45) is 5.95. The second-order valence-electron chi connectivity index (χ2n) is 6.46. The van der Waals surface area contributed by atoms with Crippen LogP contribution in [0.4, 0.5) is 0 Å². The number of halogens is 1. The van der Waals surface area contributed by atoms with E-state index in [1.54, 1.807) is 6.20 Å². The Morgan fingerprint density at radius 2 is 1.96 bits per heavy atom. The van der Waals surface area contributed by atoms with Gasteiger partial charge in [-0.25, -0.2) is 0 Å². The molecule has 25 heavy (non-hydrogen) atoms. The van der Waals surface area contributed by atoms with Gasteiger partial charge >= 0.3 is 0 Å². The summed E-state index contributed by atoms with van der Waals surface area (Å²) in [5, 5.41) is 0.744. The van der Waals surface area contributed by atoms with Gasteiger partial charge < -0.3 is 4.90 Å². The lowest BCUT2D eigenvalue weighted by Crippen LogP contribution is -2.35. The summed E-state index contributed by atoms with van der Waals surface area (Å²) in [5.41, 5.74) is 2.27. The third-order valence-electron chi connectivity index (χ3n) is 4.64. The van der Waals surface area contributed by atoms with E-state index >= 15 is 0 Å². The number of pyridine rings is 1. The molecule has 1 amide bonds. The number of hydrogen-bond acceptors (Lipinski definition) is 3. The maximum atomic E-state index is 12.6. The van der Waals surface area contributed by atoms with Gasteiger partial charge in [0.15, 0.2) is 0 Å². The number of nitrogens with zero attached hydrogens (tertiary/aromatic N) is 3. The second kappa shape index (κ2) is 8.97. The lowest BCUT2D eigenvalue weighted by molar-refractivity contribution is -0.131. The van der Waals surface area contributed by atoms with Gasteiger partial charge in [0.1, 0.15) is 0 Å². The Morgan fingerprint density at radius 3 is 2.76 bits per heavy atom. The molecule has 0 spiro atoms. The molecule has 0 aliphatic carbocycles. The van der Waals surface area contributed by atoms with Gasteiger partial charge in [0.2, 0.25) is 5.91 Å². The van der Waals surface area contributed by atoms with Crippen LogP contribution in [0.15, 0.2) is 48.8 Å². The van der Waals surface area contributed by atoms with Crippen LogP contribution in [0.5, 0.6) is 0 Å². The van der Waals surface area contributed by atoms with E-state index < -0.39 is 0 Å². The van der Waals surface area contributed by atoms with Crippen molar-refractivity contribution in [2.24, 2.45) is 0 Å². The number of carbonyl (C=O) groups excluding carboxylic acids is 1. The molecule has 132 valence electrons. The molecule has 0 saturated carbocycles. The van der Waals surface area contributed by atoms with Gasteiger partial charge in [0.05, 0.1) is 0 Å². The van der Waals surface area contributed by atoms with E-state index in [-0.39, 0.29) is 5.91 Å². The highest BCUT2D eigenvalue weighted by Crippen LogP contribution is 2.17. The van der Waals surface area contributed by atoms with Crippen LogP contribution in [0, 0.1) is 0 Å². The monoisotopic (exact) mass is 357 g/mol. The van der Waals surface area contributed by atoms with Gasteiger partial charge in [0.25, 0.3) is 0 Å². The molecule has 0 atom stereocenters. The number of aryl methyl sites for hydroxylation is 1. The van der Waals surface area contributed by atoms with Crippen LogP contribution < -0.4 is 0 Å². The molecule has 4 nitrogen and oxygen atoms in total. The number of hydrogen-bond donors (Lipinski definition) is 0. The first-order valence-electron chi connectivity index (χ1n) is 8.85. The fourth-order valence-electron chi connectivity index (χ4n) is 3.23. The van der Waals surface area contributed by atoms with Crippen molar-refractivity contribution in [3.63, 3.8) is 0 Å². The first kappa shape index (κ1) is 17.9. The molecule has 0 bridgehead atoms. The Hall–Kier alpha value is -1.91. The Morgan fingerprint density at radius 1 is 1.08 bits per heavy atom. The summed E-state index contributed by atoms with van der Waals surface area (Å²) in [7, 11) is 0. The summed E-state index contributed by atoms with van der Waals surface area (Å²) in [5.74, 6) is 0.225. The molecule has 1 aromatic carbocycles. The first-order valence-corrected chi connectivity index (χ1v) is 9.22. The van der Waals surface area contributed by atoms with Crippen LogP contribution in [0.3, 0.4) is 0 Å². The fourth-order valence-corrected chi connectivity index (χ4v) is 3.46. The van der Waals surface area contributed by atoms with Crippen molar-refractivity contribution in [3.05, 3.63) is 64.9 Å². The number of carbonyl (C=O) groups is 1. The van der Waals surface area contributed by atoms with Gasteiger partial charge in [0, 0.05) is 56.6 Å². The Kier molecular flexibility index (Phi) is 6.42. The van der Waals surface area contributed by atoms with Crippen LogP contribution in [-0.2, 0) is 17.8 Å². The van der Waals surface area contributed by atoms with E-state index in [9.17, 15) is 4.79 Å². The minimum atomic E-state index is 0.225. The van der Waals surface area contributed by atoms with Crippen LogP contribution in [-0.4, -0.2) is 46.9 Å². The van der Waals surface area contributed by atoms with Crippen LogP contribution in [0.1, 0.15) is 24.0 Å². The average molecular weight is 358 g/mol. The molecule has 2 heterocycles.